The maximum atomic E-state index is 3.56. The van der Waals surface area contributed by atoms with Gasteiger partial charge in [0, 0.05) is 6.04 Å². The fourth-order valence-electron chi connectivity index (χ4n) is 2.99. The summed E-state index contributed by atoms with van der Waals surface area (Å²) in [5.41, 5.74) is 0. The fraction of sp³-hybridized carbons (Fsp3) is 1.00. The van der Waals surface area contributed by atoms with E-state index in [9.17, 15) is 0 Å². The van der Waals surface area contributed by atoms with Crippen molar-refractivity contribution in [3.8, 4) is 0 Å². The highest BCUT2D eigenvalue weighted by atomic mass is 14.9. The molecule has 1 aliphatic rings. The predicted octanol–water partition coefficient (Wildman–Crippen LogP) is 3.84. The van der Waals surface area contributed by atoms with Crippen molar-refractivity contribution in [2.75, 3.05) is 7.05 Å². The van der Waals surface area contributed by atoms with Crippen LogP contribution in [0.15, 0.2) is 0 Å². The molecule has 0 heterocycles. The summed E-state index contributed by atoms with van der Waals surface area (Å²) in [6, 6.07) is 0.766. The molecule has 15 heavy (non-hydrogen) atoms. The van der Waals surface area contributed by atoms with Gasteiger partial charge in [0.2, 0.25) is 0 Å². The Bertz CT molecular complexity index is 167. The molecule has 4 unspecified atom stereocenters. The van der Waals surface area contributed by atoms with Crippen LogP contribution in [-0.4, -0.2) is 13.1 Å². The van der Waals surface area contributed by atoms with E-state index in [0.717, 1.165) is 23.8 Å². The van der Waals surface area contributed by atoms with Crippen molar-refractivity contribution in [3.63, 3.8) is 0 Å². The molecule has 1 fully saturated rings. The van der Waals surface area contributed by atoms with Gasteiger partial charge in [0.1, 0.15) is 0 Å². The molecule has 1 aliphatic carbocycles. The molecule has 0 radical (unpaired) electrons. The van der Waals surface area contributed by atoms with E-state index in [0.29, 0.717) is 0 Å². The lowest BCUT2D eigenvalue weighted by atomic mass is 9.76. The van der Waals surface area contributed by atoms with Gasteiger partial charge in [-0.1, -0.05) is 40.0 Å². The average Bonchev–Trinajstić information content (AvgIpc) is 2.25. The van der Waals surface area contributed by atoms with E-state index in [-0.39, 0.29) is 0 Å². The molecule has 1 saturated carbocycles. The number of hydrogen-bond acceptors (Lipinski definition) is 1. The Kier molecular flexibility index (Phi) is 5.66. The van der Waals surface area contributed by atoms with E-state index in [1.54, 1.807) is 0 Å². The molecule has 4 atom stereocenters. The molecular weight excluding hydrogens is 182 g/mol. The molecule has 0 spiro atoms. The van der Waals surface area contributed by atoms with Crippen LogP contribution < -0.4 is 5.32 Å². The lowest BCUT2D eigenvalue weighted by Crippen LogP contribution is -2.37. The number of nitrogens with one attached hydrogen (secondary N) is 1. The Morgan fingerprint density at radius 1 is 1.33 bits per heavy atom. The topological polar surface area (TPSA) is 12.0 Å². The smallest absolute Gasteiger partial charge is 0.00949 e. The van der Waals surface area contributed by atoms with E-state index >= 15 is 0 Å². The second-order valence-electron chi connectivity index (χ2n) is 5.68. The van der Waals surface area contributed by atoms with Gasteiger partial charge in [-0.15, -0.1) is 0 Å². The molecule has 1 N–H and O–H groups in total. The van der Waals surface area contributed by atoms with Crippen LogP contribution in [0.2, 0.25) is 0 Å². The molecule has 0 saturated heterocycles. The first-order valence-electron chi connectivity index (χ1n) is 6.84. The highest BCUT2D eigenvalue weighted by Crippen LogP contribution is 2.32. The summed E-state index contributed by atoms with van der Waals surface area (Å²) in [4.78, 5) is 0. The number of rotatable bonds is 5. The molecule has 1 nitrogen and oxygen atoms in total. The first-order chi connectivity index (χ1) is 7.17. The Morgan fingerprint density at radius 2 is 2.07 bits per heavy atom. The zero-order valence-electron chi connectivity index (χ0n) is 11.1. The number of hydrogen-bond donors (Lipinski definition) is 1. The third kappa shape index (κ3) is 4.14. The zero-order valence-corrected chi connectivity index (χ0v) is 11.1. The van der Waals surface area contributed by atoms with Gasteiger partial charge in [-0.05, 0) is 44.1 Å². The van der Waals surface area contributed by atoms with Crippen molar-refractivity contribution in [2.45, 2.75) is 65.3 Å². The summed E-state index contributed by atoms with van der Waals surface area (Å²) in [5.74, 6) is 2.77. The zero-order chi connectivity index (χ0) is 11.3. The molecule has 1 rings (SSSR count). The standard InChI is InChI=1S/C14H29N/c1-5-11(2)10-14(15-4)13-8-6-7-12(3)9-13/h11-15H,5-10H2,1-4H3. The summed E-state index contributed by atoms with van der Waals surface area (Å²) < 4.78 is 0. The minimum atomic E-state index is 0.766. The van der Waals surface area contributed by atoms with Crippen LogP contribution >= 0.6 is 0 Å². The normalized spacial score (nSPS) is 31.2. The molecule has 0 aliphatic heterocycles. The maximum Gasteiger partial charge on any atom is 0.00949 e. The van der Waals surface area contributed by atoms with Gasteiger partial charge in [-0.25, -0.2) is 0 Å². The quantitative estimate of drug-likeness (QED) is 0.728. The highest BCUT2D eigenvalue weighted by Gasteiger charge is 2.26. The Labute approximate surface area is 96.0 Å². The second kappa shape index (κ2) is 6.52. The van der Waals surface area contributed by atoms with Gasteiger partial charge in [0.25, 0.3) is 0 Å². The van der Waals surface area contributed by atoms with Crippen LogP contribution in [0.25, 0.3) is 0 Å². The van der Waals surface area contributed by atoms with Crippen molar-refractivity contribution in [3.05, 3.63) is 0 Å². The van der Waals surface area contributed by atoms with Crippen molar-refractivity contribution >= 4 is 0 Å². The average molecular weight is 211 g/mol. The van der Waals surface area contributed by atoms with Crippen LogP contribution in [0.4, 0.5) is 0 Å². The third-order valence-electron chi connectivity index (χ3n) is 4.27. The maximum absolute atomic E-state index is 3.56. The van der Waals surface area contributed by atoms with Crippen molar-refractivity contribution < 1.29 is 0 Å². The van der Waals surface area contributed by atoms with E-state index in [2.05, 4.69) is 33.1 Å². The Balaban J connectivity index is 2.42. The van der Waals surface area contributed by atoms with Gasteiger partial charge < -0.3 is 5.32 Å². The fourth-order valence-corrected chi connectivity index (χ4v) is 2.99. The first-order valence-corrected chi connectivity index (χ1v) is 6.84. The molecule has 90 valence electrons. The van der Waals surface area contributed by atoms with Crippen molar-refractivity contribution in [1.82, 2.24) is 5.32 Å². The molecule has 0 amide bonds. The molecule has 0 aromatic heterocycles. The van der Waals surface area contributed by atoms with Gasteiger partial charge in [0.15, 0.2) is 0 Å². The molecule has 0 aromatic carbocycles. The molecule has 0 aromatic rings. The lowest BCUT2D eigenvalue weighted by molar-refractivity contribution is 0.206. The first kappa shape index (κ1) is 13.0. The van der Waals surface area contributed by atoms with Gasteiger partial charge in [-0.3, -0.25) is 0 Å². The van der Waals surface area contributed by atoms with Crippen molar-refractivity contribution in [2.24, 2.45) is 17.8 Å². The van der Waals surface area contributed by atoms with Crippen molar-refractivity contribution in [1.29, 1.82) is 0 Å². The van der Waals surface area contributed by atoms with E-state index in [4.69, 9.17) is 0 Å². The summed E-state index contributed by atoms with van der Waals surface area (Å²) in [7, 11) is 2.15. The van der Waals surface area contributed by atoms with E-state index in [1.165, 1.54) is 38.5 Å². The molecule has 1 heteroatoms. The van der Waals surface area contributed by atoms with Crippen LogP contribution in [0.3, 0.4) is 0 Å². The minimum Gasteiger partial charge on any atom is -0.317 e. The predicted molar refractivity (Wildman–Crippen MR) is 68.0 cm³/mol. The summed E-state index contributed by atoms with van der Waals surface area (Å²) in [6.45, 7) is 7.11. The summed E-state index contributed by atoms with van der Waals surface area (Å²) in [6.07, 6.45) is 8.49. The Morgan fingerprint density at radius 3 is 2.60 bits per heavy atom. The SMILES string of the molecule is CCC(C)CC(NC)C1CCCC(C)C1. The molecular formula is C14H29N. The van der Waals surface area contributed by atoms with Crippen LogP contribution in [0.5, 0.6) is 0 Å². The van der Waals surface area contributed by atoms with E-state index < -0.39 is 0 Å². The van der Waals surface area contributed by atoms with E-state index in [1.807, 2.05) is 0 Å². The van der Waals surface area contributed by atoms with Crippen LogP contribution in [0.1, 0.15) is 59.3 Å². The summed E-state index contributed by atoms with van der Waals surface area (Å²) in [5, 5.41) is 3.56. The second-order valence-corrected chi connectivity index (χ2v) is 5.68. The third-order valence-corrected chi connectivity index (χ3v) is 4.27. The summed E-state index contributed by atoms with van der Waals surface area (Å²) >= 11 is 0. The highest BCUT2D eigenvalue weighted by molar-refractivity contribution is 4.81. The monoisotopic (exact) mass is 211 g/mol. The van der Waals surface area contributed by atoms with Gasteiger partial charge >= 0.3 is 0 Å². The lowest BCUT2D eigenvalue weighted by Gasteiger charge is -2.34. The Hall–Kier alpha value is -0.0400. The molecule has 0 bridgehead atoms. The van der Waals surface area contributed by atoms with Crippen LogP contribution in [0, 0.1) is 17.8 Å². The largest absolute Gasteiger partial charge is 0.317 e. The van der Waals surface area contributed by atoms with Gasteiger partial charge in [0.05, 0.1) is 0 Å². The van der Waals surface area contributed by atoms with Gasteiger partial charge in [-0.2, -0.15) is 0 Å². The van der Waals surface area contributed by atoms with Crippen LogP contribution in [-0.2, 0) is 0 Å². The minimum absolute atomic E-state index is 0.766.